The van der Waals surface area contributed by atoms with Crippen LogP contribution in [0.1, 0.15) is 50.8 Å². The summed E-state index contributed by atoms with van der Waals surface area (Å²) < 4.78 is 37.9. The lowest BCUT2D eigenvalue weighted by Crippen LogP contribution is -2.28. The number of primary amides is 1. The molecule has 2 aromatic rings. The first-order chi connectivity index (χ1) is 11.2. The van der Waals surface area contributed by atoms with Crippen molar-refractivity contribution in [1.82, 2.24) is 10.3 Å². The minimum absolute atomic E-state index is 0.171. The van der Waals surface area contributed by atoms with Crippen LogP contribution in [0.15, 0.2) is 29.6 Å². The number of hydrogen-bond acceptors (Lipinski definition) is 4. The van der Waals surface area contributed by atoms with Crippen molar-refractivity contribution in [3.05, 3.63) is 51.5 Å². The zero-order valence-corrected chi connectivity index (χ0v) is 13.4. The van der Waals surface area contributed by atoms with Crippen molar-refractivity contribution in [2.75, 3.05) is 0 Å². The molecule has 24 heavy (non-hydrogen) atoms. The summed E-state index contributed by atoms with van der Waals surface area (Å²) in [5.74, 6) is -1.19. The van der Waals surface area contributed by atoms with Crippen LogP contribution < -0.4 is 11.1 Å². The molecule has 0 saturated heterocycles. The molecule has 0 fully saturated rings. The van der Waals surface area contributed by atoms with Crippen LogP contribution in [-0.2, 0) is 6.18 Å². The van der Waals surface area contributed by atoms with Gasteiger partial charge in [-0.2, -0.15) is 13.2 Å². The molecule has 9 heteroatoms. The fraction of sp³-hybridized carbons (Fsp3) is 0.267. The first kappa shape index (κ1) is 17.9. The summed E-state index contributed by atoms with van der Waals surface area (Å²) in [6.45, 7) is 1.72. The van der Waals surface area contributed by atoms with E-state index >= 15 is 0 Å². The minimum atomic E-state index is -4.52. The number of aromatic nitrogens is 1. The summed E-state index contributed by atoms with van der Waals surface area (Å²) in [5.41, 5.74) is 4.54. The Morgan fingerprint density at radius 3 is 2.54 bits per heavy atom. The minimum Gasteiger partial charge on any atom is -0.366 e. The average Bonchev–Trinajstić information content (AvgIpc) is 3.02. The Balaban J connectivity index is 2.18. The second-order valence-electron chi connectivity index (χ2n) is 4.95. The SMILES string of the molecule is CCC(NC(=O)c1cccc(C(N)=O)c1)c1nc(C(F)(F)F)cs1. The van der Waals surface area contributed by atoms with Crippen LogP contribution in [0.4, 0.5) is 13.2 Å². The maximum Gasteiger partial charge on any atom is 0.434 e. The Labute approximate surface area is 139 Å². The number of thiazole rings is 1. The standard InChI is InChI=1S/C15H14F3N3O2S/c1-2-10(14-21-11(7-24-14)15(16,17)18)20-13(23)9-5-3-4-8(6-9)12(19)22/h3-7,10H,2H2,1H3,(H2,19,22)(H,20,23). The van der Waals surface area contributed by atoms with Crippen molar-refractivity contribution in [1.29, 1.82) is 0 Å². The highest BCUT2D eigenvalue weighted by Crippen LogP contribution is 2.32. The third-order valence-electron chi connectivity index (χ3n) is 3.23. The lowest BCUT2D eigenvalue weighted by molar-refractivity contribution is -0.140. The van der Waals surface area contributed by atoms with E-state index in [4.69, 9.17) is 5.73 Å². The maximum atomic E-state index is 12.6. The molecule has 0 spiro atoms. The van der Waals surface area contributed by atoms with Gasteiger partial charge in [-0.15, -0.1) is 11.3 Å². The molecule has 1 atom stereocenters. The number of carbonyl (C=O) groups is 2. The number of hydrogen-bond donors (Lipinski definition) is 2. The molecule has 0 bridgehead atoms. The van der Waals surface area contributed by atoms with Crippen LogP contribution >= 0.6 is 11.3 Å². The Morgan fingerprint density at radius 1 is 1.33 bits per heavy atom. The zero-order valence-electron chi connectivity index (χ0n) is 12.6. The first-order valence-electron chi connectivity index (χ1n) is 6.95. The highest BCUT2D eigenvalue weighted by atomic mass is 32.1. The van der Waals surface area contributed by atoms with Crippen molar-refractivity contribution in [3.63, 3.8) is 0 Å². The average molecular weight is 357 g/mol. The Morgan fingerprint density at radius 2 is 2.00 bits per heavy atom. The summed E-state index contributed by atoms with van der Waals surface area (Å²) in [4.78, 5) is 27.0. The summed E-state index contributed by atoms with van der Waals surface area (Å²) in [7, 11) is 0. The second-order valence-corrected chi connectivity index (χ2v) is 5.84. The molecule has 128 valence electrons. The monoisotopic (exact) mass is 357 g/mol. The molecule has 0 radical (unpaired) electrons. The van der Waals surface area contributed by atoms with Crippen LogP contribution in [0.2, 0.25) is 0 Å². The fourth-order valence-corrected chi connectivity index (χ4v) is 2.93. The molecular weight excluding hydrogens is 343 g/mol. The normalized spacial score (nSPS) is 12.7. The molecule has 0 saturated carbocycles. The molecule has 1 heterocycles. The van der Waals surface area contributed by atoms with Crippen molar-refractivity contribution in [3.8, 4) is 0 Å². The quantitative estimate of drug-likeness (QED) is 0.862. The van der Waals surface area contributed by atoms with E-state index in [9.17, 15) is 22.8 Å². The van der Waals surface area contributed by atoms with E-state index in [-0.39, 0.29) is 16.1 Å². The summed E-state index contributed by atoms with van der Waals surface area (Å²) >= 11 is 0.834. The van der Waals surface area contributed by atoms with Gasteiger partial charge in [-0.05, 0) is 24.6 Å². The van der Waals surface area contributed by atoms with Gasteiger partial charge in [-0.25, -0.2) is 4.98 Å². The molecule has 0 aliphatic rings. The summed E-state index contributed by atoms with van der Waals surface area (Å²) in [5, 5.41) is 3.70. The van der Waals surface area contributed by atoms with Gasteiger partial charge in [0.1, 0.15) is 5.01 Å². The predicted octanol–water partition coefficient (Wildman–Crippen LogP) is 3.14. The fourth-order valence-electron chi connectivity index (χ4n) is 1.97. The van der Waals surface area contributed by atoms with Crippen LogP contribution in [-0.4, -0.2) is 16.8 Å². The molecule has 1 aromatic heterocycles. The molecule has 3 N–H and O–H groups in total. The summed E-state index contributed by atoms with van der Waals surface area (Å²) in [6.07, 6.45) is -4.15. The van der Waals surface area contributed by atoms with Crippen LogP contribution in [0.3, 0.4) is 0 Å². The number of nitrogens with one attached hydrogen (secondary N) is 1. The Kier molecular flexibility index (Phi) is 5.23. The van der Waals surface area contributed by atoms with Gasteiger partial charge in [-0.1, -0.05) is 13.0 Å². The highest BCUT2D eigenvalue weighted by Gasteiger charge is 2.34. The third-order valence-corrected chi connectivity index (χ3v) is 4.19. The van der Waals surface area contributed by atoms with Gasteiger partial charge in [0.2, 0.25) is 5.91 Å². The van der Waals surface area contributed by atoms with Crippen LogP contribution in [0, 0.1) is 0 Å². The molecule has 1 aromatic carbocycles. The Hall–Kier alpha value is -2.42. The number of carbonyl (C=O) groups excluding carboxylic acids is 2. The van der Waals surface area contributed by atoms with E-state index in [2.05, 4.69) is 10.3 Å². The molecule has 0 aliphatic heterocycles. The number of alkyl halides is 3. The van der Waals surface area contributed by atoms with Gasteiger partial charge in [-0.3, -0.25) is 9.59 Å². The van der Waals surface area contributed by atoms with Gasteiger partial charge in [0.25, 0.3) is 5.91 Å². The third kappa shape index (κ3) is 4.10. The van der Waals surface area contributed by atoms with E-state index in [1.807, 2.05) is 0 Å². The molecule has 5 nitrogen and oxygen atoms in total. The van der Waals surface area contributed by atoms with Gasteiger partial charge in [0.05, 0.1) is 6.04 Å². The molecule has 2 amide bonds. The molecule has 0 aliphatic carbocycles. The van der Waals surface area contributed by atoms with Gasteiger partial charge >= 0.3 is 6.18 Å². The number of nitrogens with two attached hydrogens (primary N) is 1. The van der Waals surface area contributed by atoms with Gasteiger partial charge < -0.3 is 11.1 Å². The van der Waals surface area contributed by atoms with E-state index in [0.29, 0.717) is 6.42 Å². The first-order valence-corrected chi connectivity index (χ1v) is 7.83. The van der Waals surface area contributed by atoms with Crippen molar-refractivity contribution >= 4 is 23.2 Å². The van der Waals surface area contributed by atoms with E-state index in [1.165, 1.54) is 24.3 Å². The highest BCUT2D eigenvalue weighted by molar-refractivity contribution is 7.09. The van der Waals surface area contributed by atoms with Crippen molar-refractivity contribution in [2.45, 2.75) is 25.6 Å². The van der Waals surface area contributed by atoms with Gasteiger partial charge in [0, 0.05) is 16.5 Å². The molecular formula is C15H14F3N3O2S. The molecule has 1 unspecified atom stereocenters. The number of nitrogens with zero attached hydrogens (tertiary/aromatic N) is 1. The van der Waals surface area contributed by atoms with Crippen LogP contribution in [0.25, 0.3) is 0 Å². The lowest BCUT2D eigenvalue weighted by atomic mass is 10.1. The number of halogens is 3. The number of rotatable bonds is 5. The lowest BCUT2D eigenvalue weighted by Gasteiger charge is -2.15. The maximum absolute atomic E-state index is 12.6. The van der Waals surface area contributed by atoms with Gasteiger partial charge in [0.15, 0.2) is 5.69 Å². The smallest absolute Gasteiger partial charge is 0.366 e. The van der Waals surface area contributed by atoms with E-state index in [0.717, 1.165) is 16.7 Å². The Bertz CT molecular complexity index is 758. The van der Waals surface area contributed by atoms with Crippen molar-refractivity contribution in [2.24, 2.45) is 5.73 Å². The number of benzene rings is 1. The predicted molar refractivity (Wildman–Crippen MR) is 82.6 cm³/mol. The van der Waals surface area contributed by atoms with Crippen molar-refractivity contribution < 1.29 is 22.8 Å². The summed E-state index contributed by atoms with van der Waals surface area (Å²) in [6, 6.07) is 5.12. The van der Waals surface area contributed by atoms with Crippen LogP contribution in [0.5, 0.6) is 0 Å². The van der Waals surface area contributed by atoms with E-state index in [1.54, 1.807) is 6.92 Å². The second kappa shape index (κ2) is 7.00. The largest absolute Gasteiger partial charge is 0.434 e. The number of amides is 2. The molecule has 2 rings (SSSR count). The zero-order chi connectivity index (χ0) is 17.9. The topological polar surface area (TPSA) is 85.1 Å². The van der Waals surface area contributed by atoms with E-state index < -0.39 is 29.7 Å².